The fourth-order valence-electron chi connectivity index (χ4n) is 1.82. The molecule has 0 bridgehead atoms. The zero-order chi connectivity index (χ0) is 12.3. The number of hydrogen-bond donors (Lipinski definition) is 1. The molecule has 1 heterocycles. The van der Waals surface area contributed by atoms with E-state index in [1.807, 2.05) is 0 Å². The fourth-order valence-corrected chi connectivity index (χ4v) is 1.94. The Morgan fingerprint density at radius 1 is 1.47 bits per heavy atom. The van der Waals surface area contributed by atoms with Crippen LogP contribution in [0.3, 0.4) is 0 Å². The predicted molar refractivity (Wildman–Crippen MR) is 63.6 cm³/mol. The van der Waals surface area contributed by atoms with Crippen LogP contribution in [0.25, 0.3) is 0 Å². The highest BCUT2D eigenvalue weighted by molar-refractivity contribution is 6.30. The summed E-state index contributed by atoms with van der Waals surface area (Å²) in [6.07, 6.45) is 0.421. The van der Waals surface area contributed by atoms with Crippen molar-refractivity contribution < 1.29 is 13.9 Å². The van der Waals surface area contributed by atoms with Gasteiger partial charge in [0.2, 0.25) is 0 Å². The monoisotopic (exact) mass is 259 g/mol. The van der Waals surface area contributed by atoms with Crippen molar-refractivity contribution in [3.05, 3.63) is 34.6 Å². The maximum atomic E-state index is 13.2. The van der Waals surface area contributed by atoms with Crippen LogP contribution in [0.4, 0.5) is 4.39 Å². The van der Waals surface area contributed by atoms with Gasteiger partial charge in [-0.05, 0) is 24.1 Å². The average Bonchev–Trinajstić information content (AvgIpc) is 2.35. The molecule has 2 N–H and O–H groups in total. The van der Waals surface area contributed by atoms with E-state index in [9.17, 15) is 4.39 Å². The Bertz CT molecular complexity index is 383. The Labute approximate surface area is 105 Å². The predicted octanol–water partition coefficient (Wildman–Crippen LogP) is 1.76. The van der Waals surface area contributed by atoms with E-state index in [-0.39, 0.29) is 17.2 Å². The highest BCUT2D eigenvalue weighted by Gasteiger charge is 2.22. The molecule has 0 aliphatic carbocycles. The molecule has 0 radical (unpaired) electrons. The van der Waals surface area contributed by atoms with Gasteiger partial charge in [-0.1, -0.05) is 17.7 Å². The van der Waals surface area contributed by atoms with Crippen LogP contribution < -0.4 is 5.73 Å². The van der Waals surface area contributed by atoms with Crippen molar-refractivity contribution in [2.24, 2.45) is 5.73 Å². The lowest BCUT2D eigenvalue weighted by molar-refractivity contribution is -0.0967. The lowest BCUT2D eigenvalue weighted by atomic mass is 10.0. The van der Waals surface area contributed by atoms with Gasteiger partial charge in [0.1, 0.15) is 5.82 Å². The zero-order valence-corrected chi connectivity index (χ0v) is 10.1. The minimum atomic E-state index is -0.419. The van der Waals surface area contributed by atoms with Crippen LogP contribution in [0.1, 0.15) is 5.56 Å². The second-order valence-corrected chi connectivity index (χ2v) is 4.51. The summed E-state index contributed by atoms with van der Waals surface area (Å²) in [5, 5.41) is 0.125. The second kappa shape index (κ2) is 5.78. The van der Waals surface area contributed by atoms with Gasteiger partial charge in [-0.15, -0.1) is 0 Å². The lowest BCUT2D eigenvalue weighted by Crippen LogP contribution is -2.44. The number of rotatable bonds is 3. The maximum absolute atomic E-state index is 13.2. The molecule has 5 heteroatoms. The highest BCUT2D eigenvalue weighted by atomic mass is 35.5. The van der Waals surface area contributed by atoms with E-state index in [2.05, 4.69) is 0 Å². The van der Waals surface area contributed by atoms with Gasteiger partial charge >= 0.3 is 0 Å². The van der Waals surface area contributed by atoms with E-state index in [0.717, 1.165) is 5.56 Å². The minimum Gasteiger partial charge on any atom is -0.376 e. The molecule has 1 saturated heterocycles. The molecule has 0 spiro atoms. The molecule has 1 aliphatic heterocycles. The number of hydrogen-bond acceptors (Lipinski definition) is 3. The van der Waals surface area contributed by atoms with E-state index in [1.54, 1.807) is 6.07 Å². The van der Waals surface area contributed by atoms with Crippen molar-refractivity contribution in [2.75, 3.05) is 19.8 Å². The third-order valence-electron chi connectivity index (χ3n) is 2.77. The van der Waals surface area contributed by atoms with Crippen molar-refractivity contribution in [2.45, 2.75) is 18.6 Å². The smallest absolute Gasteiger partial charge is 0.142 e. The topological polar surface area (TPSA) is 44.5 Å². The standard InChI is InChI=1S/C12H15ClFNO2/c13-9-2-1-8(5-10(9)14)6-11(15)12-7-16-3-4-17-12/h1-2,5,11-12H,3-4,6-7,15H2. The molecule has 2 unspecified atom stereocenters. The minimum absolute atomic E-state index is 0.123. The molecule has 1 fully saturated rings. The van der Waals surface area contributed by atoms with Crippen LogP contribution in [-0.2, 0) is 15.9 Å². The van der Waals surface area contributed by atoms with Crippen LogP contribution in [0.2, 0.25) is 5.02 Å². The van der Waals surface area contributed by atoms with Gasteiger partial charge in [-0.2, -0.15) is 0 Å². The number of nitrogens with two attached hydrogens (primary N) is 1. The largest absolute Gasteiger partial charge is 0.376 e. The fraction of sp³-hybridized carbons (Fsp3) is 0.500. The van der Waals surface area contributed by atoms with Crippen LogP contribution in [0.5, 0.6) is 0 Å². The zero-order valence-electron chi connectivity index (χ0n) is 9.36. The quantitative estimate of drug-likeness (QED) is 0.900. The molecule has 0 aromatic heterocycles. The van der Waals surface area contributed by atoms with Crippen molar-refractivity contribution in [1.29, 1.82) is 0 Å². The first-order valence-corrected chi connectivity index (χ1v) is 5.93. The van der Waals surface area contributed by atoms with Crippen molar-refractivity contribution in [3.63, 3.8) is 0 Å². The van der Waals surface area contributed by atoms with E-state index < -0.39 is 5.82 Å². The van der Waals surface area contributed by atoms with E-state index in [4.69, 9.17) is 26.8 Å². The van der Waals surface area contributed by atoms with Crippen LogP contribution in [-0.4, -0.2) is 32.0 Å². The molecule has 1 aromatic carbocycles. The van der Waals surface area contributed by atoms with Gasteiger partial charge in [0.25, 0.3) is 0 Å². The first-order valence-electron chi connectivity index (χ1n) is 5.55. The maximum Gasteiger partial charge on any atom is 0.142 e. The Hall–Kier alpha value is -0.680. The molecule has 2 rings (SSSR count). The summed E-state index contributed by atoms with van der Waals surface area (Å²) in [7, 11) is 0. The summed E-state index contributed by atoms with van der Waals surface area (Å²) in [6.45, 7) is 1.67. The first-order chi connectivity index (χ1) is 8.16. The Morgan fingerprint density at radius 2 is 2.29 bits per heavy atom. The molecule has 17 heavy (non-hydrogen) atoms. The van der Waals surface area contributed by atoms with Gasteiger partial charge in [-0.3, -0.25) is 0 Å². The summed E-state index contributed by atoms with van der Waals surface area (Å²) in [4.78, 5) is 0. The summed E-state index contributed by atoms with van der Waals surface area (Å²) in [6, 6.07) is 4.52. The van der Waals surface area contributed by atoms with Gasteiger partial charge in [0.05, 0.1) is 30.9 Å². The molecular weight excluding hydrogens is 245 g/mol. The van der Waals surface area contributed by atoms with Crippen molar-refractivity contribution in [1.82, 2.24) is 0 Å². The van der Waals surface area contributed by atoms with Crippen molar-refractivity contribution in [3.8, 4) is 0 Å². The Balaban J connectivity index is 1.96. The molecule has 0 amide bonds. The summed E-state index contributed by atoms with van der Waals surface area (Å²) in [5.41, 5.74) is 6.82. The number of ether oxygens (including phenoxy) is 2. The molecule has 0 saturated carbocycles. The Morgan fingerprint density at radius 3 is 2.94 bits per heavy atom. The third kappa shape index (κ3) is 3.39. The molecular formula is C12H15ClFNO2. The Kier molecular flexibility index (Phi) is 4.34. The summed E-state index contributed by atoms with van der Waals surface area (Å²) >= 11 is 5.61. The second-order valence-electron chi connectivity index (χ2n) is 4.10. The molecule has 1 aromatic rings. The van der Waals surface area contributed by atoms with Gasteiger partial charge in [-0.25, -0.2) is 4.39 Å². The first kappa shape index (κ1) is 12.8. The molecule has 94 valence electrons. The van der Waals surface area contributed by atoms with Gasteiger partial charge < -0.3 is 15.2 Å². The van der Waals surface area contributed by atoms with E-state index in [0.29, 0.717) is 26.2 Å². The SMILES string of the molecule is NC(Cc1ccc(Cl)c(F)c1)C1COCCO1. The number of benzene rings is 1. The van der Waals surface area contributed by atoms with Crippen LogP contribution in [0.15, 0.2) is 18.2 Å². The summed E-state index contributed by atoms with van der Waals surface area (Å²) < 4.78 is 24.0. The summed E-state index contributed by atoms with van der Waals surface area (Å²) in [5.74, 6) is -0.419. The average molecular weight is 260 g/mol. The van der Waals surface area contributed by atoms with Crippen molar-refractivity contribution >= 4 is 11.6 Å². The van der Waals surface area contributed by atoms with Gasteiger partial charge in [0.15, 0.2) is 0 Å². The third-order valence-corrected chi connectivity index (χ3v) is 3.08. The molecule has 1 aliphatic rings. The van der Waals surface area contributed by atoms with Crippen LogP contribution in [0, 0.1) is 5.82 Å². The highest BCUT2D eigenvalue weighted by Crippen LogP contribution is 2.17. The van der Waals surface area contributed by atoms with Gasteiger partial charge in [0, 0.05) is 6.04 Å². The molecule has 3 nitrogen and oxygen atoms in total. The van der Waals surface area contributed by atoms with E-state index >= 15 is 0 Å². The normalized spacial score (nSPS) is 22.4. The number of halogens is 2. The van der Waals surface area contributed by atoms with E-state index in [1.165, 1.54) is 12.1 Å². The lowest BCUT2D eigenvalue weighted by Gasteiger charge is -2.28. The molecule has 2 atom stereocenters. The van der Waals surface area contributed by atoms with Crippen LogP contribution >= 0.6 is 11.6 Å².